The minimum atomic E-state index is -0.103. The number of amides is 1. The number of hydrogen-bond acceptors (Lipinski definition) is 5. The number of hydrogen-bond donors (Lipinski definition) is 2. The fraction of sp³-hybridized carbons (Fsp3) is 0.348. The zero-order chi connectivity index (χ0) is 20.4. The van der Waals surface area contributed by atoms with Crippen molar-refractivity contribution in [2.24, 2.45) is 0 Å². The summed E-state index contributed by atoms with van der Waals surface area (Å²) in [7, 11) is 2.15. The molecule has 2 aromatic carbocycles. The van der Waals surface area contributed by atoms with Crippen LogP contribution in [0.2, 0.25) is 0 Å². The van der Waals surface area contributed by atoms with Gasteiger partial charge in [-0.3, -0.25) is 4.79 Å². The van der Waals surface area contributed by atoms with Gasteiger partial charge in [-0.2, -0.15) is 0 Å². The molecule has 1 atom stereocenters. The van der Waals surface area contributed by atoms with Gasteiger partial charge in [0.25, 0.3) is 0 Å². The van der Waals surface area contributed by atoms with Crippen molar-refractivity contribution in [3.05, 3.63) is 48.0 Å². The highest BCUT2D eigenvalue weighted by Gasteiger charge is 2.20. The molecule has 1 unspecified atom stereocenters. The molecule has 4 rings (SSSR count). The third kappa shape index (κ3) is 4.22. The van der Waals surface area contributed by atoms with E-state index in [4.69, 9.17) is 0 Å². The van der Waals surface area contributed by atoms with Crippen LogP contribution in [0.4, 0.5) is 11.5 Å². The van der Waals surface area contributed by atoms with Crippen molar-refractivity contribution in [2.45, 2.75) is 32.7 Å². The second-order valence-electron chi connectivity index (χ2n) is 7.92. The Morgan fingerprint density at radius 3 is 2.69 bits per heavy atom. The lowest BCUT2D eigenvalue weighted by atomic mass is 10.0. The molecule has 0 bridgehead atoms. The summed E-state index contributed by atoms with van der Waals surface area (Å²) in [6, 6.07) is 14.5. The van der Waals surface area contributed by atoms with E-state index < -0.39 is 0 Å². The molecule has 0 saturated carbocycles. The van der Waals surface area contributed by atoms with Crippen LogP contribution in [0.25, 0.3) is 22.0 Å². The fourth-order valence-electron chi connectivity index (χ4n) is 4.04. The molecule has 150 valence electrons. The van der Waals surface area contributed by atoms with Gasteiger partial charge in [-0.05, 0) is 45.0 Å². The van der Waals surface area contributed by atoms with E-state index in [1.165, 1.54) is 13.3 Å². The van der Waals surface area contributed by atoms with Crippen LogP contribution in [-0.2, 0) is 4.79 Å². The normalized spacial score (nSPS) is 17.3. The summed E-state index contributed by atoms with van der Waals surface area (Å²) in [5.74, 6) is 0.714. The van der Waals surface area contributed by atoms with Crippen molar-refractivity contribution in [3.8, 4) is 11.3 Å². The summed E-state index contributed by atoms with van der Waals surface area (Å²) in [6.45, 7) is 5.67. The van der Waals surface area contributed by atoms with Crippen LogP contribution in [0.1, 0.15) is 25.3 Å². The number of likely N-dealkylation sites (tertiary alicyclic amines) is 1. The molecule has 6 heteroatoms. The number of nitrogens with zero attached hydrogens (tertiary/aromatic N) is 3. The zero-order valence-corrected chi connectivity index (χ0v) is 17.2. The predicted octanol–water partition coefficient (Wildman–Crippen LogP) is 4.07. The lowest BCUT2D eigenvalue weighted by Crippen LogP contribution is -2.40. The largest absolute Gasteiger partial charge is 0.364 e. The van der Waals surface area contributed by atoms with Gasteiger partial charge in [-0.25, -0.2) is 0 Å². The lowest BCUT2D eigenvalue weighted by molar-refractivity contribution is -0.114. The first kappa shape index (κ1) is 19.3. The Balaban J connectivity index is 1.77. The summed E-state index contributed by atoms with van der Waals surface area (Å²) in [5.41, 5.74) is 3.48. The molecule has 6 nitrogen and oxygen atoms in total. The van der Waals surface area contributed by atoms with E-state index in [9.17, 15) is 4.79 Å². The second-order valence-corrected chi connectivity index (χ2v) is 7.92. The lowest BCUT2D eigenvalue weighted by Gasteiger charge is -2.30. The second kappa shape index (κ2) is 8.17. The molecule has 1 saturated heterocycles. The summed E-state index contributed by atoms with van der Waals surface area (Å²) in [6.07, 6.45) is 2.31. The average molecular weight is 390 g/mol. The van der Waals surface area contributed by atoms with Gasteiger partial charge in [-0.15, -0.1) is 10.2 Å². The molecule has 0 radical (unpaired) electrons. The molecule has 29 heavy (non-hydrogen) atoms. The summed E-state index contributed by atoms with van der Waals surface area (Å²) in [5, 5.41) is 17.7. The number of aromatic nitrogens is 2. The van der Waals surface area contributed by atoms with Gasteiger partial charge in [0.2, 0.25) is 5.91 Å². The van der Waals surface area contributed by atoms with Crippen molar-refractivity contribution >= 4 is 28.2 Å². The fourth-order valence-corrected chi connectivity index (χ4v) is 4.04. The molecule has 2 heterocycles. The van der Waals surface area contributed by atoms with Crippen LogP contribution in [0, 0.1) is 6.92 Å². The summed E-state index contributed by atoms with van der Waals surface area (Å²) in [4.78, 5) is 14.1. The highest BCUT2D eigenvalue weighted by atomic mass is 16.1. The van der Waals surface area contributed by atoms with E-state index in [1.807, 2.05) is 37.3 Å². The van der Waals surface area contributed by atoms with Gasteiger partial charge < -0.3 is 15.5 Å². The molecular weight excluding hydrogens is 362 g/mol. The van der Waals surface area contributed by atoms with Crippen molar-refractivity contribution in [1.29, 1.82) is 0 Å². The van der Waals surface area contributed by atoms with Crippen LogP contribution < -0.4 is 10.6 Å². The topological polar surface area (TPSA) is 70.1 Å². The zero-order valence-electron chi connectivity index (χ0n) is 17.2. The number of carbonyl (C=O) groups is 1. The first-order valence-corrected chi connectivity index (χ1v) is 10.1. The molecule has 1 fully saturated rings. The van der Waals surface area contributed by atoms with Gasteiger partial charge in [0.1, 0.15) is 5.69 Å². The average Bonchev–Trinajstić information content (AvgIpc) is 2.68. The number of aryl methyl sites for hydroxylation is 1. The minimum absolute atomic E-state index is 0.103. The van der Waals surface area contributed by atoms with Crippen LogP contribution in [0.3, 0.4) is 0 Å². The Morgan fingerprint density at radius 2 is 1.93 bits per heavy atom. The van der Waals surface area contributed by atoms with Crippen LogP contribution in [-0.4, -0.2) is 47.2 Å². The molecule has 1 aliphatic rings. The van der Waals surface area contributed by atoms with Gasteiger partial charge in [-0.1, -0.05) is 36.4 Å². The van der Waals surface area contributed by atoms with E-state index in [0.29, 0.717) is 6.04 Å². The maximum Gasteiger partial charge on any atom is 0.221 e. The maximum absolute atomic E-state index is 11.7. The number of piperidine rings is 1. The molecular formula is C23H27N5O. The minimum Gasteiger partial charge on any atom is -0.364 e. The standard InChI is InChI=1S/C23H27N5O/c1-15-10-11-20(21(13-15)24-16(2)29)22-18-8-4-5-9-19(18)23(27-26-22)25-17-7-6-12-28(3)14-17/h4-5,8-11,13,17H,6-7,12,14H2,1-3H3,(H,24,29)(H,25,27). The summed E-state index contributed by atoms with van der Waals surface area (Å²) >= 11 is 0. The molecule has 1 aliphatic heterocycles. The number of likely N-dealkylation sites (N-methyl/N-ethyl adjacent to an activating group) is 1. The van der Waals surface area contributed by atoms with Gasteiger partial charge in [0.05, 0.1) is 5.69 Å². The van der Waals surface area contributed by atoms with E-state index in [1.54, 1.807) is 0 Å². The van der Waals surface area contributed by atoms with E-state index in [2.05, 4.69) is 44.9 Å². The maximum atomic E-state index is 11.7. The van der Waals surface area contributed by atoms with Gasteiger partial charge in [0, 0.05) is 35.8 Å². The monoisotopic (exact) mass is 389 g/mol. The Bertz CT molecular complexity index is 1050. The van der Waals surface area contributed by atoms with Crippen molar-refractivity contribution in [3.63, 3.8) is 0 Å². The van der Waals surface area contributed by atoms with Gasteiger partial charge >= 0.3 is 0 Å². The Hall–Kier alpha value is -2.99. The van der Waals surface area contributed by atoms with Crippen LogP contribution >= 0.6 is 0 Å². The molecule has 0 aliphatic carbocycles. The molecule has 1 amide bonds. The summed E-state index contributed by atoms with van der Waals surface area (Å²) < 4.78 is 0. The highest BCUT2D eigenvalue weighted by molar-refractivity contribution is 6.03. The smallest absolute Gasteiger partial charge is 0.221 e. The van der Waals surface area contributed by atoms with E-state index in [-0.39, 0.29) is 5.91 Å². The molecule has 2 N–H and O–H groups in total. The highest BCUT2D eigenvalue weighted by Crippen LogP contribution is 2.34. The van der Waals surface area contributed by atoms with Crippen molar-refractivity contribution in [2.75, 3.05) is 30.8 Å². The van der Waals surface area contributed by atoms with E-state index >= 15 is 0 Å². The molecule has 3 aromatic rings. The first-order chi connectivity index (χ1) is 14.0. The van der Waals surface area contributed by atoms with Crippen molar-refractivity contribution < 1.29 is 4.79 Å². The number of anilines is 2. The SMILES string of the molecule is CC(=O)Nc1cc(C)ccc1-c1nnc(NC2CCCN(C)C2)c2ccccc12. The first-order valence-electron chi connectivity index (χ1n) is 10.1. The van der Waals surface area contributed by atoms with Crippen LogP contribution in [0.5, 0.6) is 0 Å². The Labute approximate surface area is 171 Å². The third-order valence-corrected chi connectivity index (χ3v) is 5.39. The predicted molar refractivity (Wildman–Crippen MR) is 118 cm³/mol. The number of benzene rings is 2. The Kier molecular flexibility index (Phi) is 5.45. The van der Waals surface area contributed by atoms with E-state index in [0.717, 1.165) is 58.6 Å². The number of rotatable bonds is 4. The third-order valence-electron chi connectivity index (χ3n) is 5.39. The Morgan fingerprint density at radius 1 is 1.14 bits per heavy atom. The number of carbonyl (C=O) groups excluding carboxylic acids is 1. The van der Waals surface area contributed by atoms with Crippen molar-refractivity contribution in [1.82, 2.24) is 15.1 Å². The number of fused-ring (bicyclic) bond motifs is 1. The molecule has 1 aromatic heterocycles. The molecule has 0 spiro atoms. The van der Waals surface area contributed by atoms with Crippen LogP contribution in [0.15, 0.2) is 42.5 Å². The quantitative estimate of drug-likeness (QED) is 0.704. The van der Waals surface area contributed by atoms with Gasteiger partial charge in [0.15, 0.2) is 5.82 Å². The number of nitrogens with one attached hydrogen (secondary N) is 2.